The van der Waals surface area contributed by atoms with Gasteiger partial charge in [0.05, 0.1) is 43.0 Å². The Labute approximate surface area is 191 Å². The molecule has 5 aliphatic rings. The first kappa shape index (κ1) is 20.0. The van der Waals surface area contributed by atoms with Crippen molar-refractivity contribution in [1.29, 1.82) is 0 Å². The van der Waals surface area contributed by atoms with Crippen LogP contribution in [0.3, 0.4) is 0 Å². The molecule has 7 nitrogen and oxygen atoms in total. The lowest BCUT2D eigenvalue weighted by molar-refractivity contribution is -0.124. The van der Waals surface area contributed by atoms with Gasteiger partial charge in [-0.15, -0.1) is 0 Å². The largest absolute Gasteiger partial charge is 0.497 e. The van der Waals surface area contributed by atoms with Crippen LogP contribution in [0.25, 0.3) is 0 Å². The Balaban J connectivity index is 1.34. The van der Waals surface area contributed by atoms with E-state index in [2.05, 4.69) is 17.5 Å². The third-order valence-electron chi connectivity index (χ3n) is 7.71. The van der Waals surface area contributed by atoms with Crippen LogP contribution < -0.4 is 19.7 Å². The highest BCUT2D eigenvalue weighted by atomic mass is 16.5. The molecule has 4 aliphatic carbocycles. The lowest BCUT2D eigenvalue weighted by Gasteiger charge is -2.37. The van der Waals surface area contributed by atoms with E-state index in [1.54, 1.807) is 49.6 Å². The maximum Gasteiger partial charge on any atom is 0.257 e. The zero-order chi connectivity index (χ0) is 22.9. The van der Waals surface area contributed by atoms with Crippen molar-refractivity contribution in [2.75, 3.05) is 24.4 Å². The summed E-state index contributed by atoms with van der Waals surface area (Å²) in [4.78, 5) is 41.6. The van der Waals surface area contributed by atoms with Crippen LogP contribution in [0, 0.1) is 35.5 Å². The number of hydrogen-bond donors (Lipinski definition) is 1. The monoisotopic (exact) mass is 444 g/mol. The number of carbonyl (C=O) groups is 3. The average Bonchev–Trinajstić information content (AvgIpc) is 3.62. The van der Waals surface area contributed by atoms with Crippen molar-refractivity contribution in [2.24, 2.45) is 35.5 Å². The van der Waals surface area contributed by atoms with Gasteiger partial charge in [-0.3, -0.25) is 14.4 Å². The summed E-state index contributed by atoms with van der Waals surface area (Å²) >= 11 is 0. The highest BCUT2D eigenvalue weighted by molar-refractivity contribution is 6.25. The summed E-state index contributed by atoms with van der Waals surface area (Å²) in [5, 5.41) is 2.85. The van der Waals surface area contributed by atoms with Crippen LogP contribution in [0.5, 0.6) is 11.5 Å². The first-order valence-corrected chi connectivity index (χ1v) is 11.2. The Morgan fingerprint density at radius 2 is 1.61 bits per heavy atom. The number of nitrogens with zero attached hydrogens (tertiary/aromatic N) is 1. The van der Waals surface area contributed by atoms with E-state index in [1.165, 1.54) is 12.0 Å². The molecule has 2 saturated carbocycles. The fourth-order valence-corrected chi connectivity index (χ4v) is 6.16. The van der Waals surface area contributed by atoms with Gasteiger partial charge < -0.3 is 14.8 Å². The average molecular weight is 444 g/mol. The van der Waals surface area contributed by atoms with Crippen molar-refractivity contribution in [3.05, 3.63) is 60.2 Å². The van der Waals surface area contributed by atoms with Crippen molar-refractivity contribution >= 4 is 29.1 Å². The van der Waals surface area contributed by atoms with Crippen LogP contribution in [0.15, 0.2) is 54.6 Å². The van der Waals surface area contributed by atoms with Crippen LogP contribution in [0.4, 0.5) is 11.4 Å². The molecule has 1 heterocycles. The Hall–Kier alpha value is -3.61. The fourth-order valence-electron chi connectivity index (χ4n) is 6.16. The molecule has 0 unspecified atom stereocenters. The predicted octanol–water partition coefficient (Wildman–Crippen LogP) is 3.51. The molecule has 1 saturated heterocycles. The lowest BCUT2D eigenvalue weighted by Crippen LogP contribution is -2.40. The van der Waals surface area contributed by atoms with E-state index in [0.29, 0.717) is 34.7 Å². The molecule has 7 heteroatoms. The molecule has 6 atom stereocenters. The molecule has 0 aromatic heterocycles. The van der Waals surface area contributed by atoms with Gasteiger partial charge in [-0.05, 0) is 54.4 Å². The summed E-state index contributed by atoms with van der Waals surface area (Å²) in [6.07, 6.45) is 5.39. The van der Waals surface area contributed by atoms with E-state index in [4.69, 9.17) is 9.47 Å². The van der Waals surface area contributed by atoms with Gasteiger partial charge in [-0.1, -0.05) is 24.3 Å². The molecule has 2 aromatic rings. The standard InChI is InChI=1S/C26H24N2O5/c1-32-13-7-10-21(33-2)19(11-13)27-24(29)16-5-3-4-6-20(16)28-25(30)22-14-8-9-15(18-12-17(14)18)23(22)26(28)31/h3-11,14-15,17-18,22-23H,12H2,1-2H3,(H,27,29)/t14-,15-,17-,18+,22-,23+/m0/s1. The molecule has 3 fully saturated rings. The quantitative estimate of drug-likeness (QED) is 0.564. The van der Waals surface area contributed by atoms with Gasteiger partial charge in [0.1, 0.15) is 11.5 Å². The van der Waals surface area contributed by atoms with Gasteiger partial charge in [0, 0.05) is 6.07 Å². The number of amides is 3. The van der Waals surface area contributed by atoms with Gasteiger partial charge in [0.15, 0.2) is 0 Å². The van der Waals surface area contributed by atoms with E-state index >= 15 is 0 Å². The van der Waals surface area contributed by atoms with Gasteiger partial charge in [-0.2, -0.15) is 0 Å². The molecule has 0 radical (unpaired) electrons. The predicted molar refractivity (Wildman–Crippen MR) is 121 cm³/mol. The first-order valence-electron chi connectivity index (χ1n) is 11.2. The number of nitrogens with one attached hydrogen (secondary N) is 1. The number of carbonyl (C=O) groups excluding carboxylic acids is 3. The van der Waals surface area contributed by atoms with Gasteiger partial charge >= 0.3 is 0 Å². The van der Waals surface area contributed by atoms with Gasteiger partial charge in [0.2, 0.25) is 11.8 Å². The van der Waals surface area contributed by atoms with Crippen molar-refractivity contribution in [3.63, 3.8) is 0 Å². The molecule has 7 rings (SSSR count). The first-order chi connectivity index (χ1) is 16.0. The third kappa shape index (κ3) is 2.84. The number of allylic oxidation sites excluding steroid dienone is 2. The molecular formula is C26H24N2O5. The summed E-state index contributed by atoms with van der Waals surface area (Å²) in [6.45, 7) is 0. The summed E-state index contributed by atoms with van der Waals surface area (Å²) in [5.41, 5.74) is 1.02. The number of benzene rings is 2. The number of hydrogen-bond acceptors (Lipinski definition) is 5. The number of rotatable bonds is 5. The summed E-state index contributed by atoms with van der Waals surface area (Å²) in [6, 6.07) is 11.9. The summed E-state index contributed by atoms with van der Waals surface area (Å²) in [5.74, 6) is 0.921. The number of methoxy groups -OCH3 is 2. The Kier molecular flexibility index (Phi) is 4.37. The molecule has 33 heavy (non-hydrogen) atoms. The minimum atomic E-state index is -0.434. The van der Waals surface area contributed by atoms with Crippen molar-refractivity contribution in [1.82, 2.24) is 0 Å². The highest BCUT2D eigenvalue weighted by Crippen LogP contribution is 2.65. The number of anilines is 2. The van der Waals surface area contributed by atoms with Crippen LogP contribution in [-0.4, -0.2) is 31.9 Å². The van der Waals surface area contributed by atoms with Crippen LogP contribution in [0.1, 0.15) is 16.8 Å². The SMILES string of the molecule is COc1ccc(OC)c(NC(=O)c2ccccc2N2C(=O)[C@@H]3[C@H]4C=C[C@@H]([C@@H]5C[C@H]45)[C@@H]3C2=O)c1. The van der Waals surface area contributed by atoms with Gasteiger partial charge in [-0.25, -0.2) is 4.90 Å². The Morgan fingerprint density at radius 3 is 2.24 bits per heavy atom. The summed E-state index contributed by atoms with van der Waals surface area (Å²) < 4.78 is 10.6. The molecule has 2 aromatic carbocycles. The Morgan fingerprint density at radius 1 is 0.939 bits per heavy atom. The smallest absolute Gasteiger partial charge is 0.257 e. The fraction of sp³-hybridized carbons (Fsp3) is 0.346. The van der Waals surface area contributed by atoms with Crippen molar-refractivity contribution < 1.29 is 23.9 Å². The van der Waals surface area contributed by atoms with Crippen LogP contribution >= 0.6 is 0 Å². The molecule has 1 aliphatic heterocycles. The topological polar surface area (TPSA) is 84.9 Å². The Bertz CT molecular complexity index is 1180. The minimum absolute atomic E-state index is 0.133. The lowest BCUT2D eigenvalue weighted by atomic mass is 9.63. The van der Waals surface area contributed by atoms with E-state index in [0.717, 1.165) is 6.42 Å². The third-order valence-corrected chi connectivity index (χ3v) is 7.71. The van der Waals surface area contributed by atoms with E-state index < -0.39 is 5.91 Å². The van der Waals surface area contributed by atoms with Crippen LogP contribution in [0.2, 0.25) is 0 Å². The molecular weight excluding hydrogens is 420 g/mol. The number of para-hydroxylation sites is 1. The van der Waals surface area contributed by atoms with Crippen molar-refractivity contribution in [2.45, 2.75) is 6.42 Å². The zero-order valence-corrected chi connectivity index (χ0v) is 18.4. The van der Waals surface area contributed by atoms with Crippen molar-refractivity contribution in [3.8, 4) is 11.5 Å². The van der Waals surface area contributed by atoms with Crippen LogP contribution in [-0.2, 0) is 9.59 Å². The number of imide groups is 1. The normalized spacial score (nSPS) is 30.7. The summed E-state index contributed by atoms with van der Waals surface area (Å²) in [7, 11) is 3.06. The van der Waals surface area contributed by atoms with E-state index in [-0.39, 0.29) is 41.0 Å². The second kappa shape index (κ2) is 7.20. The number of ether oxygens (including phenoxy) is 2. The van der Waals surface area contributed by atoms with E-state index in [9.17, 15) is 14.4 Å². The molecule has 168 valence electrons. The molecule has 3 amide bonds. The second-order valence-corrected chi connectivity index (χ2v) is 9.20. The van der Waals surface area contributed by atoms with Gasteiger partial charge in [0.25, 0.3) is 5.91 Å². The highest BCUT2D eigenvalue weighted by Gasteiger charge is 2.67. The second-order valence-electron chi connectivity index (χ2n) is 9.20. The minimum Gasteiger partial charge on any atom is -0.497 e. The molecule has 0 spiro atoms. The maximum absolute atomic E-state index is 13.5. The molecule has 2 bridgehead atoms. The van der Waals surface area contributed by atoms with E-state index in [1.807, 2.05) is 0 Å². The molecule has 1 N–H and O–H groups in total. The maximum atomic E-state index is 13.5. The zero-order valence-electron chi connectivity index (χ0n) is 18.4.